The van der Waals surface area contributed by atoms with Gasteiger partial charge in [-0.1, -0.05) is 6.92 Å². The molecule has 1 unspecified atom stereocenters. The van der Waals surface area contributed by atoms with Crippen molar-refractivity contribution >= 4 is 11.9 Å². The molecule has 104 valence electrons. The van der Waals surface area contributed by atoms with Crippen molar-refractivity contribution in [2.45, 2.75) is 39.0 Å². The molecule has 1 heterocycles. The summed E-state index contributed by atoms with van der Waals surface area (Å²) in [7, 11) is 0. The molecule has 1 amide bonds. The molecule has 0 aromatic heterocycles. The molecule has 3 N–H and O–H groups in total. The molecule has 0 aromatic rings. The molecule has 1 saturated heterocycles. The second-order valence-corrected chi connectivity index (χ2v) is 5.16. The number of hydrogen-bond donors (Lipinski definition) is 3. The SMILES string of the molecule is CC(CCNC(=O)[C@H]1CCCNC1)CCC(=O)O. The molecule has 0 saturated carbocycles. The van der Waals surface area contributed by atoms with Crippen molar-refractivity contribution in [3.05, 3.63) is 0 Å². The van der Waals surface area contributed by atoms with Crippen molar-refractivity contribution in [1.82, 2.24) is 10.6 Å². The fraction of sp³-hybridized carbons (Fsp3) is 0.846. The normalized spacial score (nSPS) is 21.3. The minimum absolute atomic E-state index is 0.105. The first-order valence-corrected chi connectivity index (χ1v) is 6.80. The quantitative estimate of drug-likeness (QED) is 0.635. The second-order valence-electron chi connectivity index (χ2n) is 5.16. The van der Waals surface area contributed by atoms with Crippen molar-refractivity contribution in [1.29, 1.82) is 0 Å². The van der Waals surface area contributed by atoms with Gasteiger partial charge in [0.15, 0.2) is 0 Å². The summed E-state index contributed by atoms with van der Waals surface area (Å²) in [6.07, 6.45) is 3.76. The molecule has 1 aliphatic heterocycles. The van der Waals surface area contributed by atoms with Crippen LogP contribution in [0.15, 0.2) is 0 Å². The van der Waals surface area contributed by atoms with Gasteiger partial charge in [0, 0.05) is 19.5 Å². The Bertz CT molecular complexity index is 275. The summed E-state index contributed by atoms with van der Waals surface area (Å²) in [6.45, 7) is 4.46. The molecule has 2 atom stereocenters. The summed E-state index contributed by atoms with van der Waals surface area (Å²) in [5.74, 6) is -0.175. The van der Waals surface area contributed by atoms with E-state index in [0.29, 0.717) is 18.9 Å². The fourth-order valence-corrected chi connectivity index (χ4v) is 2.18. The number of amides is 1. The van der Waals surface area contributed by atoms with E-state index in [2.05, 4.69) is 10.6 Å². The molecule has 1 aliphatic rings. The van der Waals surface area contributed by atoms with Gasteiger partial charge in [-0.2, -0.15) is 0 Å². The van der Waals surface area contributed by atoms with Crippen LogP contribution in [0.3, 0.4) is 0 Å². The first-order valence-electron chi connectivity index (χ1n) is 6.80. The molecule has 0 radical (unpaired) electrons. The number of carbonyl (C=O) groups is 2. The van der Waals surface area contributed by atoms with Gasteiger partial charge in [-0.25, -0.2) is 0 Å². The van der Waals surface area contributed by atoms with Gasteiger partial charge >= 0.3 is 5.97 Å². The van der Waals surface area contributed by atoms with E-state index in [1.54, 1.807) is 0 Å². The maximum Gasteiger partial charge on any atom is 0.303 e. The molecule has 0 aromatic carbocycles. The molecular formula is C13H24N2O3. The lowest BCUT2D eigenvalue weighted by Gasteiger charge is -2.22. The summed E-state index contributed by atoms with van der Waals surface area (Å²) in [5.41, 5.74) is 0. The molecular weight excluding hydrogens is 232 g/mol. The van der Waals surface area contributed by atoms with Crippen LogP contribution in [0.25, 0.3) is 0 Å². The van der Waals surface area contributed by atoms with Crippen molar-refractivity contribution < 1.29 is 14.7 Å². The molecule has 5 heteroatoms. The third kappa shape index (κ3) is 6.00. The highest BCUT2D eigenvalue weighted by Gasteiger charge is 2.20. The monoisotopic (exact) mass is 256 g/mol. The first kappa shape index (κ1) is 15.0. The number of carbonyl (C=O) groups excluding carboxylic acids is 1. The predicted octanol–water partition coefficient (Wildman–Crippen LogP) is 0.993. The summed E-state index contributed by atoms with van der Waals surface area (Å²) < 4.78 is 0. The van der Waals surface area contributed by atoms with Crippen LogP contribution >= 0.6 is 0 Å². The van der Waals surface area contributed by atoms with E-state index in [0.717, 1.165) is 32.4 Å². The van der Waals surface area contributed by atoms with Gasteiger partial charge < -0.3 is 15.7 Å². The highest BCUT2D eigenvalue weighted by molar-refractivity contribution is 5.78. The van der Waals surface area contributed by atoms with Gasteiger partial charge in [0.1, 0.15) is 0 Å². The maximum absolute atomic E-state index is 11.8. The van der Waals surface area contributed by atoms with Crippen molar-refractivity contribution in [2.75, 3.05) is 19.6 Å². The topological polar surface area (TPSA) is 78.4 Å². The van der Waals surface area contributed by atoms with Crippen molar-refractivity contribution in [3.8, 4) is 0 Å². The summed E-state index contributed by atoms with van der Waals surface area (Å²) >= 11 is 0. The predicted molar refractivity (Wildman–Crippen MR) is 69.3 cm³/mol. The van der Waals surface area contributed by atoms with Crippen LogP contribution in [0.1, 0.15) is 39.0 Å². The van der Waals surface area contributed by atoms with Gasteiger partial charge in [-0.3, -0.25) is 9.59 Å². The lowest BCUT2D eigenvalue weighted by Crippen LogP contribution is -2.41. The van der Waals surface area contributed by atoms with Crippen LogP contribution in [0.4, 0.5) is 0 Å². The number of rotatable bonds is 7. The number of hydrogen-bond acceptors (Lipinski definition) is 3. The number of carboxylic acids is 1. The van der Waals surface area contributed by atoms with Gasteiger partial charge in [0.05, 0.1) is 5.92 Å². The lowest BCUT2D eigenvalue weighted by molar-refractivity contribution is -0.137. The van der Waals surface area contributed by atoms with Crippen LogP contribution in [-0.2, 0) is 9.59 Å². The average Bonchev–Trinajstić information content (AvgIpc) is 2.37. The minimum atomic E-state index is -0.751. The molecule has 0 spiro atoms. The highest BCUT2D eigenvalue weighted by atomic mass is 16.4. The second kappa shape index (κ2) is 8.08. The van der Waals surface area contributed by atoms with E-state index in [9.17, 15) is 9.59 Å². The molecule has 5 nitrogen and oxygen atoms in total. The van der Waals surface area contributed by atoms with Crippen LogP contribution in [0, 0.1) is 11.8 Å². The number of piperidine rings is 1. The Morgan fingerprint density at radius 3 is 2.83 bits per heavy atom. The zero-order valence-electron chi connectivity index (χ0n) is 11.1. The number of aliphatic carboxylic acids is 1. The number of nitrogens with one attached hydrogen (secondary N) is 2. The summed E-state index contributed by atoms with van der Waals surface area (Å²) in [5, 5.41) is 14.7. The molecule has 18 heavy (non-hydrogen) atoms. The van der Waals surface area contributed by atoms with Crippen molar-refractivity contribution in [2.24, 2.45) is 11.8 Å². The lowest BCUT2D eigenvalue weighted by atomic mass is 9.98. The highest BCUT2D eigenvalue weighted by Crippen LogP contribution is 2.11. The zero-order chi connectivity index (χ0) is 13.4. The van der Waals surface area contributed by atoms with Crippen LogP contribution in [-0.4, -0.2) is 36.6 Å². The van der Waals surface area contributed by atoms with Crippen LogP contribution in [0.2, 0.25) is 0 Å². The Labute approximate surface area is 108 Å². The minimum Gasteiger partial charge on any atom is -0.481 e. The fourth-order valence-electron chi connectivity index (χ4n) is 2.18. The van der Waals surface area contributed by atoms with Gasteiger partial charge in [0.2, 0.25) is 5.91 Å². The Kier molecular flexibility index (Phi) is 6.72. The smallest absolute Gasteiger partial charge is 0.303 e. The summed E-state index contributed by atoms with van der Waals surface area (Å²) in [4.78, 5) is 22.2. The van der Waals surface area contributed by atoms with E-state index >= 15 is 0 Å². The third-order valence-electron chi connectivity index (χ3n) is 3.46. The third-order valence-corrected chi connectivity index (χ3v) is 3.46. The molecule has 1 fully saturated rings. The van der Waals surface area contributed by atoms with E-state index in [4.69, 9.17) is 5.11 Å². The molecule has 0 aliphatic carbocycles. The molecule has 0 bridgehead atoms. The summed E-state index contributed by atoms with van der Waals surface area (Å²) in [6, 6.07) is 0. The first-order chi connectivity index (χ1) is 8.59. The van der Waals surface area contributed by atoms with Gasteiger partial charge in [-0.15, -0.1) is 0 Å². The van der Waals surface area contributed by atoms with E-state index in [1.165, 1.54) is 0 Å². The van der Waals surface area contributed by atoms with Crippen molar-refractivity contribution in [3.63, 3.8) is 0 Å². The van der Waals surface area contributed by atoms with E-state index in [1.807, 2.05) is 6.92 Å². The van der Waals surface area contributed by atoms with E-state index < -0.39 is 5.97 Å². The standard InChI is InChI=1S/C13H24N2O3/c1-10(4-5-12(16)17)6-8-15-13(18)11-3-2-7-14-9-11/h10-11,14H,2-9H2,1H3,(H,15,18)(H,16,17)/t10?,11-/m0/s1. The van der Waals surface area contributed by atoms with Gasteiger partial charge in [0.25, 0.3) is 0 Å². The largest absolute Gasteiger partial charge is 0.481 e. The van der Waals surface area contributed by atoms with Crippen LogP contribution < -0.4 is 10.6 Å². The van der Waals surface area contributed by atoms with E-state index in [-0.39, 0.29) is 18.2 Å². The number of carboxylic acid groups (broad SMARTS) is 1. The van der Waals surface area contributed by atoms with Crippen LogP contribution in [0.5, 0.6) is 0 Å². The Morgan fingerprint density at radius 2 is 2.22 bits per heavy atom. The zero-order valence-corrected chi connectivity index (χ0v) is 11.1. The molecule has 1 rings (SSSR count). The Balaban J connectivity index is 2.08. The Morgan fingerprint density at radius 1 is 1.44 bits per heavy atom. The Hall–Kier alpha value is -1.10. The average molecular weight is 256 g/mol. The maximum atomic E-state index is 11.8. The van der Waals surface area contributed by atoms with Gasteiger partial charge in [-0.05, 0) is 38.1 Å².